The molecule has 0 aliphatic heterocycles. The van der Waals surface area contributed by atoms with E-state index in [1.807, 2.05) is 18.2 Å². The summed E-state index contributed by atoms with van der Waals surface area (Å²) in [7, 11) is 0. The third-order valence-electron chi connectivity index (χ3n) is 3.68. The van der Waals surface area contributed by atoms with Crippen LogP contribution in [-0.4, -0.2) is 28.6 Å². The zero-order chi connectivity index (χ0) is 16.1. The number of carbonyl (C=O) groups is 1. The van der Waals surface area contributed by atoms with Crippen LogP contribution in [0.5, 0.6) is 5.75 Å². The fourth-order valence-corrected chi connectivity index (χ4v) is 2.24. The Bertz CT molecular complexity index is 723. The predicted octanol–water partition coefficient (Wildman–Crippen LogP) is 1.32. The summed E-state index contributed by atoms with van der Waals surface area (Å²) >= 11 is 0. The van der Waals surface area contributed by atoms with Gasteiger partial charge in [0.1, 0.15) is 5.75 Å². The van der Waals surface area contributed by atoms with E-state index < -0.39 is 0 Å². The van der Waals surface area contributed by atoms with Gasteiger partial charge in [-0.1, -0.05) is 18.2 Å². The molecule has 0 atom stereocenters. The van der Waals surface area contributed by atoms with E-state index in [0.717, 1.165) is 18.5 Å². The maximum absolute atomic E-state index is 11.9. The van der Waals surface area contributed by atoms with Crippen molar-refractivity contribution in [3.63, 3.8) is 0 Å². The molecule has 6 nitrogen and oxygen atoms in total. The Morgan fingerprint density at radius 3 is 2.78 bits per heavy atom. The van der Waals surface area contributed by atoms with E-state index in [1.165, 1.54) is 4.57 Å². The molecular formula is C17H19N3O3. The summed E-state index contributed by atoms with van der Waals surface area (Å²) in [5.74, 6) is 0.899. The smallest absolute Gasteiger partial charge is 0.258 e. The molecule has 1 heterocycles. The number of para-hydroxylation sites is 1. The topological polar surface area (TPSA) is 73.2 Å². The van der Waals surface area contributed by atoms with Crippen molar-refractivity contribution in [3.05, 3.63) is 58.8 Å². The minimum atomic E-state index is -0.218. The normalized spacial score (nSPS) is 13.6. The third kappa shape index (κ3) is 4.42. The van der Waals surface area contributed by atoms with Crippen LogP contribution in [0.25, 0.3) is 0 Å². The Balaban J connectivity index is 1.42. The lowest BCUT2D eigenvalue weighted by atomic mass is 10.3. The largest absolute Gasteiger partial charge is 0.484 e. The monoisotopic (exact) mass is 313 g/mol. The fourth-order valence-electron chi connectivity index (χ4n) is 2.24. The number of nitrogens with zero attached hydrogens (tertiary/aromatic N) is 2. The van der Waals surface area contributed by atoms with Crippen molar-refractivity contribution in [3.8, 4) is 5.75 Å². The van der Waals surface area contributed by atoms with Crippen LogP contribution < -0.4 is 15.6 Å². The van der Waals surface area contributed by atoms with E-state index in [9.17, 15) is 9.59 Å². The molecule has 1 aromatic carbocycles. The van der Waals surface area contributed by atoms with E-state index in [-0.39, 0.29) is 18.1 Å². The quantitative estimate of drug-likeness (QED) is 0.836. The van der Waals surface area contributed by atoms with Crippen molar-refractivity contribution in [2.24, 2.45) is 0 Å². The standard InChI is InChI=1S/C17H19N3O3/c21-16(11-23-14-4-2-1-3-5-14)18-8-9-20-12-19-15(10-17(20)22)13-6-7-13/h1-5,10,12-13H,6-9,11H2,(H,18,21). The van der Waals surface area contributed by atoms with Gasteiger partial charge in [-0.15, -0.1) is 0 Å². The van der Waals surface area contributed by atoms with Gasteiger partial charge in [0, 0.05) is 25.1 Å². The predicted molar refractivity (Wildman–Crippen MR) is 85.4 cm³/mol. The van der Waals surface area contributed by atoms with Crippen LogP contribution in [0.4, 0.5) is 0 Å². The minimum Gasteiger partial charge on any atom is -0.484 e. The number of aromatic nitrogens is 2. The number of carbonyl (C=O) groups excluding carboxylic acids is 1. The fraction of sp³-hybridized carbons (Fsp3) is 0.353. The average Bonchev–Trinajstić information content (AvgIpc) is 3.40. The van der Waals surface area contributed by atoms with Gasteiger partial charge in [0.15, 0.2) is 6.61 Å². The number of hydrogen-bond acceptors (Lipinski definition) is 4. The van der Waals surface area contributed by atoms with Crippen molar-refractivity contribution in [1.29, 1.82) is 0 Å². The van der Waals surface area contributed by atoms with Crippen molar-refractivity contribution in [1.82, 2.24) is 14.9 Å². The summed E-state index contributed by atoms with van der Waals surface area (Å²) in [5.41, 5.74) is 0.809. The van der Waals surface area contributed by atoms with Gasteiger partial charge in [-0.2, -0.15) is 0 Å². The second kappa shape index (κ2) is 7.09. The van der Waals surface area contributed by atoms with Gasteiger partial charge in [-0.05, 0) is 25.0 Å². The van der Waals surface area contributed by atoms with Gasteiger partial charge < -0.3 is 10.1 Å². The summed E-state index contributed by atoms with van der Waals surface area (Å²) in [4.78, 5) is 27.9. The van der Waals surface area contributed by atoms with E-state index in [2.05, 4.69) is 10.3 Å². The number of amides is 1. The zero-order valence-electron chi connectivity index (χ0n) is 12.8. The first kappa shape index (κ1) is 15.3. The first-order valence-electron chi connectivity index (χ1n) is 7.73. The summed E-state index contributed by atoms with van der Waals surface area (Å²) in [6.45, 7) is 0.715. The van der Waals surface area contributed by atoms with Crippen LogP contribution in [-0.2, 0) is 11.3 Å². The van der Waals surface area contributed by atoms with Crippen LogP contribution >= 0.6 is 0 Å². The Kier molecular flexibility index (Phi) is 4.71. The molecule has 120 valence electrons. The number of benzene rings is 1. The van der Waals surface area contributed by atoms with Crippen LogP contribution in [0.3, 0.4) is 0 Å². The molecule has 1 amide bonds. The number of ether oxygens (including phenoxy) is 1. The van der Waals surface area contributed by atoms with Gasteiger partial charge in [-0.25, -0.2) is 4.98 Å². The van der Waals surface area contributed by atoms with Crippen LogP contribution in [0, 0.1) is 0 Å². The van der Waals surface area contributed by atoms with Crippen molar-refractivity contribution < 1.29 is 9.53 Å². The average molecular weight is 313 g/mol. The molecular weight excluding hydrogens is 294 g/mol. The summed E-state index contributed by atoms with van der Waals surface area (Å²) in [6.07, 6.45) is 3.80. The molecule has 1 aromatic heterocycles. The summed E-state index contributed by atoms with van der Waals surface area (Å²) in [6, 6.07) is 10.8. The Hall–Kier alpha value is -2.63. The molecule has 1 saturated carbocycles. The van der Waals surface area contributed by atoms with Gasteiger partial charge in [0.25, 0.3) is 11.5 Å². The van der Waals surface area contributed by atoms with Crippen molar-refractivity contribution in [2.75, 3.05) is 13.2 Å². The van der Waals surface area contributed by atoms with E-state index in [1.54, 1.807) is 24.5 Å². The molecule has 1 N–H and O–H groups in total. The lowest BCUT2D eigenvalue weighted by Gasteiger charge is -2.09. The van der Waals surface area contributed by atoms with Crippen molar-refractivity contribution in [2.45, 2.75) is 25.3 Å². The summed E-state index contributed by atoms with van der Waals surface area (Å²) in [5, 5.41) is 2.73. The molecule has 2 aromatic rings. The molecule has 3 rings (SSSR count). The Morgan fingerprint density at radius 1 is 1.30 bits per heavy atom. The zero-order valence-corrected chi connectivity index (χ0v) is 12.8. The molecule has 1 aliphatic carbocycles. The molecule has 0 spiro atoms. The van der Waals surface area contributed by atoms with Crippen LogP contribution in [0.15, 0.2) is 47.5 Å². The SMILES string of the molecule is O=C(COc1ccccc1)NCCn1cnc(C2CC2)cc1=O. The van der Waals surface area contributed by atoms with Gasteiger partial charge in [-0.3, -0.25) is 14.2 Å². The highest BCUT2D eigenvalue weighted by Crippen LogP contribution is 2.38. The number of nitrogens with one attached hydrogen (secondary N) is 1. The lowest BCUT2D eigenvalue weighted by Crippen LogP contribution is -2.33. The number of hydrogen-bond donors (Lipinski definition) is 1. The second-order valence-electron chi connectivity index (χ2n) is 5.57. The lowest BCUT2D eigenvalue weighted by molar-refractivity contribution is -0.123. The Labute approximate surface area is 134 Å². The van der Waals surface area contributed by atoms with E-state index >= 15 is 0 Å². The Morgan fingerprint density at radius 2 is 2.09 bits per heavy atom. The minimum absolute atomic E-state index is 0.0439. The van der Waals surface area contributed by atoms with E-state index in [0.29, 0.717) is 24.8 Å². The maximum Gasteiger partial charge on any atom is 0.258 e. The molecule has 0 unspecified atom stereocenters. The highest BCUT2D eigenvalue weighted by molar-refractivity contribution is 5.77. The molecule has 0 saturated heterocycles. The first-order chi connectivity index (χ1) is 11.2. The first-order valence-corrected chi connectivity index (χ1v) is 7.73. The maximum atomic E-state index is 11.9. The highest BCUT2D eigenvalue weighted by atomic mass is 16.5. The molecule has 1 fully saturated rings. The molecule has 0 radical (unpaired) electrons. The summed E-state index contributed by atoms with van der Waals surface area (Å²) < 4.78 is 6.85. The highest BCUT2D eigenvalue weighted by Gasteiger charge is 2.25. The van der Waals surface area contributed by atoms with Crippen molar-refractivity contribution >= 4 is 5.91 Å². The molecule has 0 bridgehead atoms. The molecule has 1 aliphatic rings. The molecule has 23 heavy (non-hydrogen) atoms. The van der Waals surface area contributed by atoms with E-state index in [4.69, 9.17) is 4.74 Å². The van der Waals surface area contributed by atoms with Gasteiger partial charge in [0.05, 0.1) is 12.0 Å². The van der Waals surface area contributed by atoms with Gasteiger partial charge in [0.2, 0.25) is 0 Å². The third-order valence-corrected chi connectivity index (χ3v) is 3.68. The molecule has 6 heteroatoms. The van der Waals surface area contributed by atoms with Gasteiger partial charge >= 0.3 is 0 Å². The van der Waals surface area contributed by atoms with Crippen LogP contribution in [0.1, 0.15) is 24.5 Å². The second-order valence-corrected chi connectivity index (χ2v) is 5.57. The number of rotatable bonds is 7. The van der Waals surface area contributed by atoms with Crippen LogP contribution in [0.2, 0.25) is 0 Å².